The minimum Gasteiger partial charge on any atom is -0.310 e. The van der Waals surface area contributed by atoms with Gasteiger partial charge in [-0.1, -0.05) is 41.1 Å². The molecule has 9 heteroatoms. The van der Waals surface area contributed by atoms with Crippen LogP contribution in [0, 0.1) is 20.8 Å². The molecule has 0 aliphatic carbocycles. The van der Waals surface area contributed by atoms with Crippen molar-refractivity contribution < 1.29 is 4.79 Å². The third-order valence-corrected chi connectivity index (χ3v) is 4.76. The zero-order chi connectivity index (χ0) is 18.7. The van der Waals surface area contributed by atoms with E-state index >= 15 is 0 Å². The number of nitrogens with one attached hydrogen (secondary N) is 1. The van der Waals surface area contributed by atoms with Gasteiger partial charge in [0.25, 0.3) is 0 Å². The number of nitrogens with zero attached hydrogens (tertiary/aromatic N) is 5. The fourth-order valence-corrected chi connectivity index (χ4v) is 3.53. The first-order valence-electron chi connectivity index (χ1n) is 7.85. The number of pyridine rings is 1. The van der Waals surface area contributed by atoms with E-state index in [4.69, 9.17) is 11.6 Å². The number of hydrogen-bond acceptors (Lipinski definition) is 6. The summed E-state index contributed by atoms with van der Waals surface area (Å²) in [4.78, 5) is 16.2. The molecule has 0 radical (unpaired) electrons. The maximum Gasteiger partial charge on any atom is 0.236 e. The number of aryl methyl sites for hydroxylation is 3. The second-order valence-corrected chi connectivity index (χ2v) is 7.20. The summed E-state index contributed by atoms with van der Waals surface area (Å²) in [7, 11) is 0. The Labute approximate surface area is 160 Å². The molecule has 0 spiro atoms. The highest BCUT2D eigenvalue weighted by Gasteiger charge is 2.15. The largest absolute Gasteiger partial charge is 0.310 e. The molecule has 3 aromatic rings. The average molecular weight is 389 g/mol. The molecule has 0 atom stereocenters. The molecule has 2 aromatic heterocycles. The van der Waals surface area contributed by atoms with Crippen LogP contribution in [0.3, 0.4) is 0 Å². The van der Waals surface area contributed by atoms with Crippen molar-refractivity contribution in [2.45, 2.75) is 25.9 Å². The molecule has 1 aromatic carbocycles. The maximum absolute atomic E-state index is 12.2. The van der Waals surface area contributed by atoms with Crippen molar-refractivity contribution in [1.82, 2.24) is 25.2 Å². The van der Waals surface area contributed by atoms with E-state index in [1.807, 2.05) is 20.8 Å². The molecule has 7 nitrogen and oxygen atoms in total. The lowest BCUT2D eigenvalue weighted by Crippen LogP contribution is -2.15. The summed E-state index contributed by atoms with van der Waals surface area (Å²) in [5, 5.41) is 15.6. The molecule has 0 bridgehead atoms. The standard InChI is InChI=1S/C17H17ClN6OS/c1-10-6-11(2)16(12(3)7-10)24-17(21-22-23-24)26-9-15(25)20-14-8-13(18)4-5-19-14/h4-8H,9H2,1-3H3,(H,19,20,25). The summed E-state index contributed by atoms with van der Waals surface area (Å²) in [6.45, 7) is 6.08. The molecule has 0 saturated heterocycles. The van der Waals surface area contributed by atoms with E-state index in [0.29, 0.717) is 16.0 Å². The van der Waals surface area contributed by atoms with E-state index < -0.39 is 0 Å². The van der Waals surface area contributed by atoms with Crippen LogP contribution in [0.25, 0.3) is 5.69 Å². The van der Waals surface area contributed by atoms with Gasteiger partial charge in [0.1, 0.15) is 5.82 Å². The Morgan fingerprint density at radius 1 is 1.23 bits per heavy atom. The Kier molecular flexibility index (Phi) is 5.53. The lowest BCUT2D eigenvalue weighted by Gasteiger charge is -2.12. The van der Waals surface area contributed by atoms with Crippen LogP contribution in [0.1, 0.15) is 16.7 Å². The molecule has 1 N–H and O–H groups in total. The monoisotopic (exact) mass is 388 g/mol. The van der Waals surface area contributed by atoms with Gasteiger partial charge in [-0.05, 0) is 54.5 Å². The Balaban J connectivity index is 1.73. The number of amides is 1. The predicted molar refractivity (Wildman–Crippen MR) is 102 cm³/mol. The van der Waals surface area contributed by atoms with Crippen molar-refractivity contribution in [2.75, 3.05) is 11.1 Å². The number of carbonyl (C=O) groups excluding carboxylic acids is 1. The van der Waals surface area contributed by atoms with Crippen LogP contribution in [0.2, 0.25) is 5.02 Å². The summed E-state index contributed by atoms with van der Waals surface area (Å²) in [5.41, 5.74) is 4.26. The number of tetrazole rings is 1. The van der Waals surface area contributed by atoms with E-state index in [1.54, 1.807) is 16.8 Å². The second-order valence-electron chi connectivity index (χ2n) is 5.82. The molecular formula is C17H17ClN6OS. The highest BCUT2D eigenvalue weighted by molar-refractivity contribution is 7.99. The van der Waals surface area contributed by atoms with Gasteiger partial charge in [-0.15, -0.1) is 5.10 Å². The number of rotatable bonds is 5. The number of hydrogen-bond donors (Lipinski definition) is 1. The van der Waals surface area contributed by atoms with Crippen molar-refractivity contribution in [3.63, 3.8) is 0 Å². The van der Waals surface area contributed by atoms with Crippen LogP contribution in [0.4, 0.5) is 5.82 Å². The van der Waals surface area contributed by atoms with Crippen molar-refractivity contribution in [3.8, 4) is 5.69 Å². The minimum absolute atomic E-state index is 0.151. The third-order valence-electron chi connectivity index (χ3n) is 3.61. The van der Waals surface area contributed by atoms with Gasteiger partial charge in [-0.25, -0.2) is 4.98 Å². The van der Waals surface area contributed by atoms with Gasteiger partial charge in [-0.2, -0.15) is 4.68 Å². The van der Waals surface area contributed by atoms with Crippen LogP contribution in [0.15, 0.2) is 35.6 Å². The normalized spacial score (nSPS) is 10.8. The number of halogens is 1. The molecule has 0 aliphatic rings. The first-order valence-corrected chi connectivity index (χ1v) is 9.21. The van der Waals surface area contributed by atoms with Gasteiger partial charge in [0.15, 0.2) is 0 Å². The molecule has 134 valence electrons. The van der Waals surface area contributed by atoms with Crippen LogP contribution in [-0.2, 0) is 4.79 Å². The number of carbonyl (C=O) groups is 1. The molecule has 2 heterocycles. The number of aromatic nitrogens is 5. The van der Waals surface area contributed by atoms with Crippen molar-refractivity contribution in [2.24, 2.45) is 0 Å². The Morgan fingerprint density at radius 2 is 1.96 bits per heavy atom. The Morgan fingerprint density at radius 3 is 2.65 bits per heavy atom. The van der Waals surface area contributed by atoms with E-state index in [2.05, 4.69) is 38.0 Å². The zero-order valence-corrected chi connectivity index (χ0v) is 16.1. The van der Waals surface area contributed by atoms with Gasteiger partial charge in [0.05, 0.1) is 11.4 Å². The molecule has 0 saturated carbocycles. The Hall–Kier alpha value is -2.45. The average Bonchev–Trinajstić information content (AvgIpc) is 3.00. The van der Waals surface area contributed by atoms with E-state index in [0.717, 1.165) is 16.8 Å². The van der Waals surface area contributed by atoms with Gasteiger partial charge in [0, 0.05) is 11.2 Å². The number of benzene rings is 1. The molecular weight excluding hydrogens is 372 g/mol. The summed E-state index contributed by atoms with van der Waals surface area (Å²) in [5.74, 6) is 0.350. The molecule has 0 fully saturated rings. The van der Waals surface area contributed by atoms with Crippen LogP contribution < -0.4 is 5.32 Å². The first kappa shape index (κ1) is 18.3. The van der Waals surface area contributed by atoms with E-state index in [1.165, 1.54) is 23.5 Å². The summed E-state index contributed by atoms with van der Waals surface area (Å²) < 4.78 is 1.67. The van der Waals surface area contributed by atoms with Crippen LogP contribution in [-0.4, -0.2) is 36.9 Å². The molecule has 0 aliphatic heterocycles. The lowest BCUT2D eigenvalue weighted by atomic mass is 10.1. The topological polar surface area (TPSA) is 85.6 Å². The third kappa shape index (κ3) is 4.20. The maximum atomic E-state index is 12.2. The quantitative estimate of drug-likeness (QED) is 0.674. The molecule has 0 unspecified atom stereocenters. The smallest absolute Gasteiger partial charge is 0.236 e. The first-order chi connectivity index (χ1) is 12.4. The number of anilines is 1. The summed E-state index contributed by atoms with van der Waals surface area (Å²) in [6.07, 6.45) is 1.54. The second kappa shape index (κ2) is 7.84. The highest BCUT2D eigenvalue weighted by atomic mass is 35.5. The predicted octanol–water partition coefficient (Wildman–Crippen LogP) is 3.37. The molecule has 1 amide bonds. The minimum atomic E-state index is -0.211. The summed E-state index contributed by atoms with van der Waals surface area (Å²) >= 11 is 7.15. The lowest BCUT2D eigenvalue weighted by molar-refractivity contribution is -0.113. The molecule has 3 rings (SSSR count). The van der Waals surface area contributed by atoms with Crippen molar-refractivity contribution in [3.05, 3.63) is 52.2 Å². The highest BCUT2D eigenvalue weighted by Crippen LogP contribution is 2.24. The fraction of sp³-hybridized carbons (Fsp3) is 0.235. The Bertz CT molecular complexity index is 935. The van der Waals surface area contributed by atoms with Crippen LogP contribution >= 0.6 is 23.4 Å². The zero-order valence-electron chi connectivity index (χ0n) is 14.5. The number of thioether (sulfide) groups is 1. The fourth-order valence-electron chi connectivity index (χ4n) is 2.70. The van der Waals surface area contributed by atoms with Crippen molar-refractivity contribution in [1.29, 1.82) is 0 Å². The van der Waals surface area contributed by atoms with Crippen molar-refractivity contribution >= 4 is 35.1 Å². The SMILES string of the molecule is Cc1cc(C)c(-n2nnnc2SCC(=O)Nc2cc(Cl)ccn2)c(C)c1. The van der Waals surface area contributed by atoms with Crippen LogP contribution in [0.5, 0.6) is 0 Å². The summed E-state index contributed by atoms with van der Waals surface area (Å²) in [6, 6.07) is 7.39. The van der Waals surface area contributed by atoms with E-state index in [-0.39, 0.29) is 11.7 Å². The van der Waals surface area contributed by atoms with E-state index in [9.17, 15) is 4.79 Å². The van der Waals surface area contributed by atoms with Gasteiger partial charge < -0.3 is 5.32 Å². The molecule has 26 heavy (non-hydrogen) atoms. The van der Waals surface area contributed by atoms with Gasteiger partial charge in [-0.3, -0.25) is 4.79 Å². The van der Waals surface area contributed by atoms with Gasteiger partial charge >= 0.3 is 0 Å². The van der Waals surface area contributed by atoms with Gasteiger partial charge in [0.2, 0.25) is 11.1 Å².